The third-order valence-corrected chi connectivity index (χ3v) is 3.65. The summed E-state index contributed by atoms with van der Waals surface area (Å²) in [5.74, 6) is 1.43. The average molecular weight is 367 g/mol. The molecular formula is C14H9Br2NO. The van der Waals surface area contributed by atoms with Crippen molar-refractivity contribution >= 4 is 31.9 Å². The minimum absolute atomic E-state index is 0.588. The van der Waals surface area contributed by atoms with Crippen molar-refractivity contribution in [1.29, 1.82) is 5.26 Å². The molecule has 2 rings (SSSR count). The van der Waals surface area contributed by atoms with Gasteiger partial charge < -0.3 is 4.74 Å². The van der Waals surface area contributed by atoms with E-state index < -0.39 is 0 Å². The lowest BCUT2D eigenvalue weighted by Crippen LogP contribution is -1.87. The maximum atomic E-state index is 8.85. The van der Waals surface area contributed by atoms with Gasteiger partial charge in [-0.2, -0.15) is 5.26 Å². The van der Waals surface area contributed by atoms with Crippen LogP contribution in [0.2, 0.25) is 0 Å². The Hall–Kier alpha value is -1.31. The van der Waals surface area contributed by atoms with Crippen LogP contribution in [-0.2, 0) is 0 Å². The number of benzene rings is 2. The molecule has 0 bridgehead atoms. The molecule has 2 aromatic carbocycles. The summed E-state index contributed by atoms with van der Waals surface area (Å²) in [4.78, 5) is 0. The summed E-state index contributed by atoms with van der Waals surface area (Å²) < 4.78 is 7.39. The van der Waals surface area contributed by atoms with Crippen LogP contribution in [0.25, 0.3) is 0 Å². The summed E-state index contributed by atoms with van der Waals surface area (Å²) in [6.07, 6.45) is 0. The van der Waals surface area contributed by atoms with Gasteiger partial charge in [0.25, 0.3) is 0 Å². The van der Waals surface area contributed by atoms with Crippen molar-refractivity contribution in [3.8, 4) is 17.6 Å². The largest absolute Gasteiger partial charge is 0.456 e. The summed E-state index contributed by atoms with van der Waals surface area (Å²) >= 11 is 6.80. The highest BCUT2D eigenvalue weighted by atomic mass is 79.9. The van der Waals surface area contributed by atoms with E-state index in [4.69, 9.17) is 10.00 Å². The molecule has 18 heavy (non-hydrogen) atoms. The van der Waals surface area contributed by atoms with Gasteiger partial charge in [-0.15, -0.1) is 0 Å². The fraction of sp³-hybridized carbons (Fsp3) is 0.0714. The van der Waals surface area contributed by atoms with E-state index in [1.165, 1.54) is 0 Å². The molecule has 0 N–H and O–H groups in total. The summed E-state index contributed by atoms with van der Waals surface area (Å²) in [5, 5.41) is 8.85. The molecule has 0 aromatic heterocycles. The lowest BCUT2D eigenvalue weighted by molar-refractivity contribution is 0.479. The lowest BCUT2D eigenvalue weighted by Gasteiger charge is -2.09. The van der Waals surface area contributed by atoms with Crippen LogP contribution in [0.4, 0.5) is 0 Å². The lowest BCUT2D eigenvalue weighted by atomic mass is 10.2. The van der Waals surface area contributed by atoms with E-state index in [1.54, 1.807) is 18.2 Å². The maximum Gasteiger partial charge on any atom is 0.141 e. The van der Waals surface area contributed by atoms with Crippen LogP contribution in [0, 0.1) is 18.3 Å². The number of rotatable bonds is 2. The Morgan fingerprint density at radius 2 is 1.83 bits per heavy atom. The Kier molecular flexibility index (Phi) is 4.05. The van der Waals surface area contributed by atoms with Crippen LogP contribution in [0.3, 0.4) is 0 Å². The number of nitriles is 1. The minimum Gasteiger partial charge on any atom is -0.456 e. The molecule has 0 unspecified atom stereocenters. The Morgan fingerprint density at radius 3 is 2.44 bits per heavy atom. The molecule has 90 valence electrons. The van der Waals surface area contributed by atoms with Gasteiger partial charge >= 0.3 is 0 Å². The van der Waals surface area contributed by atoms with E-state index >= 15 is 0 Å². The van der Waals surface area contributed by atoms with Gasteiger partial charge in [-0.05, 0) is 74.7 Å². The fourth-order valence-corrected chi connectivity index (χ4v) is 2.49. The molecule has 0 fully saturated rings. The number of aryl methyl sites for hydroxylation is 1. The Balaban J connectivity index is 2.29. The van der Waals surface area contributed by atoms with Crippen LogP contribution in [0.15, 0.2) is 45.3 Å². The van der Waals surface area contributed by atoms with Gasteiger partial charge in [-0.1, -0.05) is 6.07 Å². The van der Waals surface area contributed by atoms with Crippen LogP contribution < -0.4 is 4.74 Å². The van der Waals surface area contributed by atoms with Crippen LogP contribution in [0.1, 0.15) is 11.1 Å². The molecule has 0 aliphatic carbocycles. The number of nitrogens with zero attached hydrogens (tertiary/aromatic N) is 1. The molecule has 0 heterocycles. The predicted molar refractivity (Wildman–Crippen MR) is 77.8 cm³/mol. The summed E-state index contributed by atoms with van der Waals surface area (Å²) in [7, 11) is 0. The molecule has 0 atom stereocenters. The molecule has 4 heteroatoms. The van der Waals surface area contributed by atoms with E-state index in [2.05, 4.69) is 37.9 Å². The smallest absolute Gasteiger partial charge is 0.141 e. The van der Waals surface area contributed by atoms with Gasteiger partial charge in [0.15, 0.2) is 0 Å². The van der Waals surface area contributed by atoms with Crippen molar-refractivity contribution in [2.75, 3.05) is 0 Å². The van der Waals surface area contributed by atoms with Crippen molar-refractivity contribution in [3.63, 3.8) is 0 Å². The molecule has 2 nitrogen and oxygen atoms in total. The maximum absolute atomic E-state index is 8.85. The molecule has 2 aromatic rings. The van der Waals surface area contributed by atoms with Crippen LogP contribution >= 0.6 is 31.9 Å². The summed E-state index contributed by atoms with van der Waals surface area (Å²) in [6, 6.07) is 13.3. The summed E-state index contributed by atoms with van der Waals surface area (Å²) in [6.45, 7) is 2.02. The molecule has 0 aliphatic rings. The second-order valence-electron chi connectivity index (χ2n) is 3.79. The monoisotopic (exact) mass is 365 g/mol. The SMILES string of the molecule is Cc1ccc(Oc2ccc(C#N)c(Br)c2)c(Br)c1. The van der Waals surface area contributed by atoms with Crippen LogP contribution in [0.5, 0.6) is 11.5 Å². The average Bonchev–Trinajstić information content (AvgIpc) is 2.33. The first kappa shape index (κ1) is 13.1. The fourth-order valence-electron chi connectivity index (χ4n) is 1.47. The standard InChI is InChI=1S/C14H9Br2NO/c1-9-2-5-14(13(16)6-9)18-11-4-3-10(8-17)12(15)7-11/h2-7H,1H3. The molecule has 0 amide bonds. The van der Waals surface area contributed by atoms with Gasteiger partial charge in [0, 0.05) is 4.47 Å². The molecule has 0 aliphatic heterocycles. The zero-order chi connectivity index (χ0) is 13.1. The van der Waals surface area contributed by atoms with Gasteiger partial charge in [0.05, 0.1) is 10.0 Å². The highest BCUT2D eigenvalue weighted by Crippen LogP contribution is 2.32. The second kappa shape index (κ2) is 5.55. The minimum atomic E-state index is 0.588. The predicted octanol–water partition coefficient (Wildman–Crippen LogP) is 5.18. The van der Waals surface area contributed by atoms with Crippen LogP contribution in [-0.4, -0.2) is 0 Å². The van der Waals surface area contributed by atoms with Crippen molar-refractivity contribution in [3.05, 3.63) is 56.5 Å². The normalized spacial score (nSPS) is 9.89. The first-order valence-corrected chi connectivity index (χ1v) is 6.82. The van der Waals surface area contributed by atoms with Gasteiger partial charge in [0.1, 0.15) is 17.6 Å². The molecule has 0 saturated heterocycles. The second-order valence-corrected chi connectivity index (χ2v) is 5.50. The van der Waals surface area contributed by atoms with Gasteiger partial charge in [-0.3, -0.25) is 0 Å². The zero-order valence-corrected chi connectivity index (χ0v) is 12.7. The van der Waals surface area contributed by atoms with Gasteiger partial charge in [-0.25, -0.2) is 0 Å². The quantitative estimate of drug-likeness (QED) is 0.733. The molecule has 0 radical (unpaired) electrons. The number of hydrogen-bond donors (Lipinski definition) is 0. The number of halogens is 2. The molecule has 0 spiro atoms. The van der Waals surface area contributed by atoms with E-state index in [-0.39, 0.29) is 0 Å². The molecule has 0 saturated carbocycles. The number of ether oxygens (including phenoxy) is 1. The molecular weight excluding hydrogens is 358 g/mol. The third kappa shape index (κ3) is 2.92. The topological polar surface area (TPSA) is 33.0 Å². The first-order valence-electron chi connectivity index (χ1n) is 5.24. The van der Waals surface area contributed by atoms with E-state index in [0.29, 0.717) is 11.3 Å². The van der Waals surface area contributed by atoms with Gasteiger partial charge in [0.2, 0.25) is 0 Å². The van der Waals surface area contributed by atoms with Crippen molar-refractivity contribution in [1.82, 2.24) is 0 Å². The Bertz CT molecular complexity index is 632. The van der Waals surface area contributed by atoms with Crippen molar-refractivity contribution in [2.45, 2.75) is 6.92 Å². The highest BCUT2D eigenvalue weighted by Gasteiger charge is 2.05. The van der Waals surface area contributed by atoms with E-state index in [0.717, 1.165) is 20.3 Å². The van der Waals surface area contributed by atoms with E-state index in [9.17, 15) is 0 Å². The Morgan fingerprint density at radius 1 is 1.06 bits per heavy atom. The zero-order valence-electron chi connectivity index (χ0n) is 9.58. The highest BCUT2D eigenvalue weighted by molar-refractivity contribution is 9.10. The number of hydrogen-bond acceptors (Lipinski definition) is 2. The Labute approximate surface area is 122 Å². The first-order chi connectivity index (χ1) is 8.60. The van der Waals surface area contributed by atoms with Crippen molar-refractivity contribution < 1.29 is 4.74 Å². The van der Waals surface area contributed by atoms with Crippen molar-refractivity contribution in [2.24, 2.45) is 0 Å². The third-order valence-electron chi connectivity index (χ3n) is 2.38. The summed E-state index contributed by atoms with van der Waals surface area (Å²) in [5.41, 5.74) is 1.75. The van der Waals surface area contributed by atoms with E-state index in [1.807, 2.05) is 25.1 Å².